The van der Waals surface area contributed by atoms with Gasteiger partial charge in [0.25, 0.3) is 0 Å². The third-order valence-corrected chi connectivity index (χ3v) is 5.28. The molecule has 0 aromatic heterocycles. The summed E-state index contributed by atoms with van der Waals surface area (Å²) < 4.78 is 11.5. The van der Waals surface area contributed by atoms with Crippen molar-refractivity contribution in [1.29, 1.82) is 0 Å². The molecule has 2 N–H and O–H groups in total. The van der Waals surface area contributed by atoms with Gasteiger partial charge in [0.15, 0.2) is 5.96 Å². The van der Waals surface area contributed by atoms with Crippen molar-refractivity contribution in [2.24, 2.45) is 4.99 Å². The number of aliphatic imine (C=N–C) groups is 1. The Labute approximate surface area is 162 Å². The van der Waals surface area contributed by atoms with Crippen molar-refractivity contribution in [2.45, 2.75) is 44.9 Å². The van der Waals surface area contributed by atoms with Gasteiger partial charge in [-0.2, -0.15) is 0 Å². The largest absolute Gasteiger partial charge is 0.496 e. The van der Waals surface area contributed by atoms with E-state index >= 15 is 0 Å². The fraction of sp³-hybridized carbons (Fsp3) is 0.571. The molecular formula is C21H32N4O2. The summed E-state index contributed by atoms with van der Waals surface area (Å²) in [6.07, 6.45) is 5.37. The number of ether oxygens (including phenoxy) is 2. The first-order valence-corrected chi connectivity index (χ1v) is 9.79. The fourth-order valence-electron chi connectivity index (χ4n) is 3.82. The first-order valence-electron chi connectivity index (χ1n) is 9.79. The predicted molar refractivity (Wildman–Crippen MR) is 110 cm³/mol. The van der Waals surface area contributed by atoms with Gasteiger partial charge in [0.1, 0.15) is 17.6 Å². The molecular weight excluding hydrogens is 340 g/mol. The zero-order valence-corrected chi connectivity index (χ0v) is 16.8. The van der Waals surface area contributed by atoms with Crippen LogP contribution in [-0.4, -0.2) is 56.8 Å². The topological polar surface area (TPSA) is 58.1 Å². The maximum Gasteiger partial charge on any atom is 0.191 e. The van der Waals surface area contributed by atoms with Crippen molar-refractivity contribution in [1.82, 2.24) is 15.5 Å². The van der Waals surface area contributed by atoms with Gasteiger partial charge in [-0.3, -0.25) is 9.89 Å². The monoisotopic (exact) mass is 372 g/mol. The third kappa shape index (κ3) is 4.95. The zero-order valence-electron chi connectivity index (χ0n) is 16.8. The molecule has 0 saturated carbocycles. The van der Waals surface area contributed by atoms with Gasteiger partial charge in [-0.1, -0.05) is 6.08 Å². The van der Waals surface area contributed by atoms with E-state index in [2.05, 4.69) is 46.2 Å². The van der Waals surface area contributed by atoms with Crippen molar-refractivity contribution in [3.05, 3.63) is 35.9 Å². The molecule has 0 spiro atoms. The van der Waals surface area contributed by atoms with Crippen molar-refractivity contribution < 1.29 is 9.47 Å². The number of likely N-dealkylation sites (tertiary alicyclic amines) is 1. The van der Waals surface area contributed by atoms with Gasteiger partial charge in [0.05, 0.1) is 7.11 Å². The van der Waals surface area contributed by atoms with E-state index in [1.54, 1.807) is 7.11 Å². The molecule has 3 rings (SSSR count). The van der Waals surface area contributed by atoms with Crippen LogP contribution in [0.5, 0.6) is 11.5 Å². The normalized spacial score (nSPS) is 20.7. The van der Waals surface area contributed by atoms with E-state index in [1.165, 1.54) is 5.56 Å². The van der Waals surface area contributed by atoms with E-state index in [9.17, 15) is 0 Å². The number of fused-ring (bicyclic) bond motifs is 1. The highest BCUT2D eigenvalue weighted by atomic mass is 16.5. The van der Waals surface area contributed by atoms with E-state index in [4.69, 9.17) is 9.47 Å². The molecule has 148 valence electrons. The minimum absolute atomic E-state index is 0.231. The highest BCUT2D eigenvalue weighted by Gasteiger charge is 2.22. The Morgan fingerprint density at radius 1 is 1.41 bits per heavy atom. The molecule has 0 radical (unpaired) electrons. The van der Waals surface area contributed by atoms with E-state index < -0.39 is 0 Å². The molecule has 0 amide bonds. The van der Waals surface area contributed by atoms with Gasteiger partial charge < -0.3 is 20.1 Å². The van der Waals surface area contributed by atoms with E-state index in [1.807, 2.05) is 13.1 Å². The Kier molecular flexibility index (Phi) is 6.61. The molecule has 1 unspecified atom stereocenters. The molecule has 27 heavy (non-hydrogen) atoms. The number of piperidine rings is 1. The molecule has 1 aromatic rings. The zero-order chi connectivity index (χ0) is 19.2. The van der Waals surface area contributed by atoms with Gasteiger partial charge in [-0.05, 0) is 31.9 Å². The quantitative estimate of drug-likeness (QED) is 0.456. The maximum absolute atomic E-state index is 5.89. The summed E-state index contributed by atoms with van der Waals surface area (Å²) in [5.41, 5.74) is 2.30. The van der Waals surface area contributed by atoms with Crippen molar-refractivity contribution in [2.75, 3.05) is 33.8 Å². The minimum atomic E-state index is 0.231. The Bertz CT molecular complexity index is 681. The lowest BCUT2D eigenvalue weighted by Crippen LogP contribution is -2.48. The molecule has 1 fully saturated rings. The number of benzene rings is 1. The summed E-state index contributed by atoms with van der Waals surface area (Å²) in [5, 5.41) is 6.97. The number of methoxy groups -OCH3 is 1. The smallest absolute Gasteiger partial charge is 0.191 e. The molecule has 2 aliphatic rings. The number of nitrogens with one attached hydrogen (secondary N) is 2. The van der Waals surface area contributed by atoms with Crippen molar-refractivity contribution in [3.63, 3.8) is 0 Å². The molecule has 0 bridgehead atoms. The van der Waals surface area contributed by atoms with Gasteiger partial charge >= 0.3 is 0 Å². The fourth-order valence-corrected chi connectivity index (χ4v) is 3.82. The van der Waals surface area contributed by atoms with E-state index in [0.29, 0.717) is 12.6 Å². The van der Waals surface area contributed by atoms with Crippen molar-refractivity contribution in [3.8, 4) is 11.5 Å². The van der Waals surface area contributed by atoms with Crippen LogP contribution in [0.25, 0.3) is 0 Å². The van der Waals surface area contributed by atoms with Crippen molar-refractivity contribution >= 4 is 5.96 Å². The molecule has 1 aromatic carbocycles. The molecule has 1 atom stereocenters. The first kappa shape index (κ1) is 19.5. The second kappa shape index (κ2) is 9.13. The van der Waals surface area contributed by atoms with Crippen LogP contribution < -0.4 is 20.1 Å². The summed E-state index contributed by atoms with van der Waals surface area (Å²) in [6, 6.07) is 4.64. The molecule has 2 heterocycles. The van der Waals surface area contributed by atoms with Crippen LogP contribution >= 0.6 is 0 Å². The third-order valence-electron chi connectivity index (χ3n) is 5.28. The van der Waals surface area contributed by atoms with Crippen LogP contribution in [0.2, 0.25) is 0 Å². The van der Waals surface area contributed by atoms with Gasteiger partial charge in [-0.15, -0.1) is 6.58 Å². The molecule has 2 aliphatic heterocycles. The lowest BCUT2D eigenvalue weighted by atomic mass is 10.1. The number of hydrogen-bond acceptors (Lipinski definition) is 4. The molecule has 6 nitrogen and oxygen atoms in total. The molecule has 1 saturated heterocycles. The lowest BCUT2D eigenvalue weighted by molar-refractivity contribution is 0.225. The van der Waals surface area contributed by atoms with E-state index in [-0.39, 0.29) is 6.10 Å². The van der Waals surface area contributed by atoms with Crippen LogP contribution in [0, 0.1) is 0 Å². The first-order chi connectivity index (χ1) is 13.1. The Morgan fingerprint density at radius 3 is 2.85 bits per heavy atom. The van der Waals surface area contributed by atoms with Crippen LogP contribution in [0.1, 0.15) is 30.9 Å². The van der Waals surface area contributed by atoms with Crippen LogP contribution in [0.4, 0.5) is 0 Å². The maximum atomic E-state index is 5.89. The van der Waals surface area contributed by atoms with Crippen LogP contribution in [-0.2, 0) is 13.0 Å². The number of guanidine groups is 1. The van der Waals surface area contributed by atoms with Crippen LogP contribution in [0.15, 0.2) is 29.8 Å². The highest BCUT2D eigenvalue weighted by molar-refractivity contribution is 5.80. The Morgan fingerprint density at radius 2 is 2.19 bits per heavy atom. The van der Waals surface area contributed by atoms with E-state index in [0.717, 1.165) is 61.9 Å². The molecule has 6 heteroatoms. The minimum Gasteiger partial charge on any atom is -0.496 e. The summed E-state index contributed by atoms with van der Waals surface area (Å²) >= 11 is 0. The second-order valence-electron chi connectivity index (χ2n) is 7.34. The predicted octanol–water partition coefficient (Wildman–Crippen LogP) is 2.33. The summed E-state index contributed by atoms with van der Waals surface area (Å²) in [5.74, 6) is 2.69. The Hall–Kier alpha value is -2.21. The molecule has 0 aliphatic carbocycles. The second-order valence-corrected chi connectivity index (χ2v) is 7.34. The number of rotatable bonds is 6. The lowest BCUT2D eigenvalue weighted by Gasteiger charge is -2.32. The van der Waals surface area contributed by atoms with Crippen LogP contribution in [0.3, 0.4) is 0 Å². The average Bonchev–Trinajstić information content (AvgIpc) is 3.04. The van der Waals surface area contributed by atoms with Gasteiger partial charge in [0.2, 0.25) is 0 Å². The Balaban J connectivity index is 1.56. The highest BCUT2D eigenvalue weighted by Crippen LogP contribution is 2.34. The average molecular weight is 373 g/mol. The SMILES string of the molecule is C=CCN1CCC(NC(=NC)NCc2cc3c(cc2OC)CC(C)O3)CC1. The standard InChI is InChI=1S/C21H32N4O2/c1-5-8-25-9-6-18(7-10-25)24-21(22-3)23-14-17-13-20-16(11-15(2)27-20)12-19(17)26-4/h5,12-13,15,18H,1,6-11,14H2,2-4H3,(H2,22,23,24). The number of nitrogens with zero attached hydrogens (tertiary/aromatic N) is 2. The van der Waals surface area contributed by atoms with Gasteiger partial charge in [-0.25, -0.2) is 0 Å². The van der Waals surface area contributed by atoms with Gasteiger partial charge in [0, 0.05) is 56.8 Å². The summed E-state index contributed by atoms with van der Waals surface area (Å²) in [7, 11) is 3.53. The number of hydrogen-bond donors (Lipinski definition) is 2. The summed E-state index contributed by atoms with van der Waals surface area (Å²) in [4.78, 5) is 6.81. The summed E-state index contributed by atoms with van der Waals surface area (Å²) in [6.45, 7) is 9.71.